The molecular weight excluding hydrogens is 263 g/mol. The second-order valence-corrected chi connectivity index (χ2v) is 1.06. The Hall–Kier alpha value is -0.341. The maximum Gasteiger partial charge on any atom is 2.00 e. The third-order valence-electron chi connectivity index (χ3n) is 0.258. The normalized spacial score (nSPS) is 6.73. The fourth-order valence-corrected chi connectivity index (χ4v) is 0. The number of aliphatic hydroxyl groups excluding tert-OH is 2. The molecule has 11 heavy (non-hydrogen) atoms. The van der Waals surface area contributed by atoms with Gasteiger partial charge in [0.15, 0.2) is 0 Å². The second kappa shape index (κ2) is 12.3. The Labute approximate surface area is 79.4 Å². The number of aliphatic hydroxyl groups is 2. The largest absolute Gasteiger partial charge is 2.00 e. The van der Waals surface area contributed by atoms with Crippen LogP contribution in [0.5, 0.6) is 0 Å². The summed E-state index contributed by atoms with van der Waals surface area (Å²) in [4.78, 5) is 18.0. The van der Waals surface area contributed by atoms with Crippen LogP contribution in [0.4, 0.5) is 0 Å². The van der Waals surface area contributed by atoms with Crippen LogP contribution in [0.15, 0.2) is 0 Å². The van der Waals surface area contributed by atoms with Gasteiger partial charge in [0, 0.05) is 0 Å². The average molecular weight is 269 g/mol. The van der Waals surface area contributed by atoms with E-state index in [1.165, 1.54) is 0 Å². The van der Waals surface area contributed by atoms with E-state index >= 15 is 0 Å². The summed E-state index contributed by atoms with van der Waals surface area (Å²) in [7, 11) is 0. The fourth-order valence-electron chi connectivity index (χ4n) is 0. The van der Waals surface area contributed by atoms with Gasteiger partial charge in [-0.2, -0.15) is 0 Å². The van der Waals surface area contributed by atoms with Crippen molar-refractivity contribution in [1.82, 2.24) is 0 Å². The molecule has 62 valence electrons. The van der Waals surface area contributed by atoms with Gasteiger partial charge in [0.05, 0.1) is 25.2 Å². The minimum atomic E-state index is -1.44. The predicted molar refractivity (Wildman–Crippen MR) is 29.9 cm³/mol. The smallest absolute Gasteiger partial charge is 0.548 e. The van der Waals surface area contributed by atoms with Gasteiger partial charge in [-0.25, -0.2) is 0 Å². The molecule has 0 saturated carbocycles. The molecule has 0 aromatic carbocycles. The standard InChI is InChI=1S/2C2H4O3.Sn/c2*3-1-2(4)5;/h2*3H,1H2,(H,4,5);/q;;+2/p-2. The van der Waals surface area contributed by atoms with Crippen molar-refractivity contribution < 1.29 is 30.0 Å². The summed E-state index contributed by atoms with van der Waals surface area (Å²) in [6.07, 6.45) is 0. The molecule has 0 heterocycles. The number of aliphatic carboxylic acids is 2. The van der Waals surface area contributed by atoms with E-state index in [-0.39, 0.29) is 23.9 Å². The number of rotatable bonds is 2. The molecule has 2 radical (unpaired) electrons. The summed E-state index contributed by atoms with van der Waals surface area (Å²) >= 11 is 0. The van der Waals surface area contributed by atoms with Gasteiger partial charge in [-0.3, -0.25) is 0 Å². The second-order valence-electron chi connectivity index (χ2n) is 1.06. The van der Waals surface area contributed by atoms with Gasteiger partial charge >= 0.3 is 23.9 Å². The number of carboxylic acids is 2. The summed E-state index contributed by atoms with van der Waals surface area (Å²) < 4.78 is 0. The van der Waals surface area contributed by atoms with E-state index in [9.17, 15) is 0 Å². The van der Waals surface area contributed by atoms with E-state index in [0.717, 1.165) is 0 Å². The fraction of sp³-hybridized carbons (Fsp3) is 0.500. The van der Waals surface area contributed by atoms with E-state index in [0.29, 0.717) is 0 Å². The van der Waals surface area contributed by atoms with Crippen molar-refractivity contribution in [2.75, 3.05) is 13.2 Å². The van der Waals surface area contributed by atoms with Gasteiger partial charge in [-0.05, 0) is 0 Å². The van der Waals surface area contributed by atoms with E-state index in [4.69, 9.17) is 30.0 Å². The van der Waals surface area contributed by atoms with Gasteiger partial charge in [-0.15, -0.1) is 0 Å². The van der Waals surface area contributed by atoms with E-state index in [2.05, 4.69) is 0 Å². The monoisotopic (exact) mass is 270 g/mol. The number of carboxylic acid groups (broad SMARTS) is 2. The third kappa shape index (κ3) is 42.3. The minimum absolute atomic E-state index is 0. The van der Waals surface area contributed by atoms with Crippen LogP contribution in [0, 0.1) is 0 Å². The van der Waals surface area contributed by atoms with Gasteiger partial charge in [0.25, 0.3) is 0 Å². The molecule has 0 aliphatic rings. The van der Waals surface area contributed by atoms with Crippen molar-refractivity contribution >= 4 is 35.8 Å². The summed E-state index contributed by atoms with van der Waals surface area (Å²) in [6.45, 7) is -1.78. The molecule has 0 unspecified atom stereocenters. The van der Waals surface area contributed by atoms with Gasteiger partial charge in [0.1, 0.15) is 0 Å². The number of hydrogen-bond donors (Lipinski definition) is 2. The van der Waals surface area contributed by atoms with E-state index in [1.807, 2.05) is 0 Å². The molecule has 0 bridgehead atoms. The number of hydrogen-bond acceptors (Lipinski definition) is 6. The van der Waals surface area contributed by atoms with Gasteiger partial charge in [-0.1, -0.05) is 0 Å². The molecule has 0 fully saturated rings. The quantitative estimate of drug-likeness (QED) is 0.484. The van der Waals surface area contributed by atoms with Crippen molar-refractivity contribution in [3.63, 3.8) is 0 Å². The Morgan fingerprint density at radius 1 is 1.00 bits per heavy atom. The SMILES string of the molecule is O=C([O-])CO.O=C([O-])CO.[Sn+2]. The molecule has 0 atom stereocenters. The summed E-state index contributed by atoms with van der Waals surface area (Å²) in [5.41, 5.74) is 0. The first-order valence-corrected chi connectivity index (χ1v) is 2.16. The van der Waals surface area contributed by atoms with Crippen LogP contribution in [0.1, 0.15) is 0 Å². The zero-order valence-electron chi connectivity index (χ0n) is 5.44. The number of carbonyl (C=O) groups is 2. The molecule has 0 amide bonds. The minimum Gasteiger partial charge on any atom is -0.548 e. The maximum absolute atomic E-state index is 9.01. The Kier molecular flexibility index (Phi) is 19.0. The molecule has 0 rings (SSSR count). The molecule has 0 spiro atoms. The molecule has 0 aromatic heterocycles. The van der Waals surface area contributed by atoms with Crippen LogP contribution >= 0.6 is 0 Å². The Balaban J connectivity index is -0.000000107. The van der Waals surface area contributed by atoms with Crippen molar-refractivity contribution in [1.29, 1.82) is 0 Å². The maximum atomic E-state index is 9.01. The molecular formula is C4H6O6Sn. The van der Waals surface area contributed by atoms with Crippen molar-refractivity contribution in [3.05, 3.63) is 0 Å². The molecule has 7 heteroatoms. The van der Waals surface area contributed by atoms with Crippen molar-refractivity contribution in [2.24, 2.45) is 0 Å². The van der Waals surface area contributed by atoms with E-state index in [1.54, 1.807) is 0 Å². The van der Waals surface area contributed by atoms with Crippen LogP contribution in [-0.4, -0.2) is 59.3 Å². The van der Waals surface area contributed by atoms with Crippen LogP contribution < -0.4 is 10.2 Å². The van der Waals surface area contributed by atoms with Crippen LogP contribution in [0.3, 0.4) is 0 Å². The van der Waals surface area contributed by atoms with Gasteiger partial charge < -0.3 is 30.0 Å². The molecule has 0 aliphatic heterocycles. The Bertz CT molecular complexity index is 99.1. The predicted octanol–water partition coefficient (Wildman–Crippen LogP) is -4.92. The summed E-state index contributed by atoms with van der Waals surface area (Å²) in [6, 6.07) is 0. The zero-order valence-corrected chi connectivity index (χ0v) is 8.30. The van der Waals surface area contributed by atoms with Crippen LogP contribution in [-0.2, 0) is 9.59 Å². The molecule has 0 aromatic rings. The molecule has 2 N–H and O–H groups in total. The third-order valence-corrected chi connectivity index (χ3v) is 0.258. The van der Waals surface area contributed by atoms with E-state index < -0.39 is 25.2 Å². The molecule has 6 nitrogen and oxygen atoms in total. The molecule has 0 saturated heterocycles. The summed E-state index contributed by atoms with van der Waals surface area (Å²) in [5, 5.41) is 33.0. The average Bonchev–Trinajstić information content (AvgIpc) is 1.89. The first-order chi connectivity index (χ1) is 4.54. The summed E-state index contributed by atoms with van der Waals surface area (Å²) in [5.74, 6) is -2.88. The van der Waals surface area contributed by atoms with Crippen molar-refractivity contribution in [3.8, 4) is 0 Å². The van der Waals surface area contributed by atoms with Crippen LogP contribution in [0.2, 0.25) is 0 Å². The zero-order chi connectivity index (χ0) is 8.57. The first-order valence-electron chi connectivity index (χ1n) is 2.16. The van der Waals surface area contributed by atoms with Crippen molar-refractivity contribution in [2.45, 2.75) is 0 Å². The first kappa shape index (κ1) is 17.0. The Morgan fingerprint density at radius 2 is 1.09 bits per heavy atom. The van der Waals surface area contributed by atoms with Gasteiger partial charge in [0.2, 0.25) is 0 Å². The Morgan fingerprint density at radius 3 is 1.09 bits per heavy atom. The topological polar surface area (TPSA) is 121 Å². The molecule has 0 aliphatic carbocycles. The van der Waals surface area contributed by atoms with Crippen LogP contribution in [0.25, 0.3) is 0 Å². The number of carbonyl (C=O) groups excluding carboxylic acids is 2.